The third-order valence-electron chi connectivity index (χ3n) is 6.81. The van der Waals surface area contributed by atoms with Crippen molar-refractivity contribution in [2.45, 2.75) is 58.3 Å². The number of nitrogens with one attached hydrogen (secondary N) is 1. The normalized spacial score (nSPS) is 19.3. The molecule has 0 aliphatic carbocycles. The molecule has 1 aromatic heterocycles. The van der Waals surface area contributed by atoms with Crippen LogP contribution in [0.25, 0.3) is 0 Å². The first-order valence-electron chi connectivity index (χ1n) is 12.3. The second-order valence-corrected chi connectivity index (χ2v) is 9.78. The van der Waals surface area contributed by atoms with Gasteiger partial charge in [-0.15, -0.1) is 0 Å². The van der Waals surface area contributed by atoms with Crippen molar-refractivity contribution in [2.24, 2.45) is 5.92 Å². The van der Waals surface area contributed by atoms with Crippen LogP contribution in [0.15, 0.2) is 48.7 Å². The molecule has 8 heteroatoms. The van der Waals surface area contributed by atoms with E-state index in [0.717, 1.165) is 11.3 Å². The number of nitrogens with zero attached hydrogens (tertiary/aromatic N) is 3. The van der Waals surface area contributed by atoms with Crippen molar-refractivity contribution in [1.82, 2.24) is 20.1 Å². The number of carbonyl (C=O) groups excluding carboxylic acids is 3. The molecule has 1 N–H and O–H groups in total. The summed E-state index contributed by atoms with van der Waals surface area (Å²) in [5, 5.41) is 2.92. The van der Waals surface area contributed by atoms with Crippen LogP contribution in [0.2, 0.25) is 0 Å². The van der Waals surface area contributed by atoms with Crippen LogP contribution in [0, 0.1) is 12.8 Å². The summed E-state index contributed by atoms with van der Waals surface area (Å²) in [4.78, 5) is 47.5. The molecule has 2 aliphatic rings. The average Bonchev–Trinajstić information content (AvgIpc) is 3.21. The van der Waals surface area contributed by atoms with E-state index in [1.807, 2.05) is 62.1 Å². The molecule has 3 heterocycles. The Kier molecular flexibility index (Phi) is 7.50. The van der Waals surface area contributed by atoms with Crippen LogP contribution in [-0.2, 0) is 20.9 Å². The number of piperidine rings is 1. The Bertz CT molecular complexity index is 1060. The fourth-order valence-corrected chi connectivity index (χ4v) is 4.89. The molecule has 186 valence electrons. The average molecular weight is 479 g/mol. The van der Waals surface area contributed by atoms with Gasteiger partial charge in [-0.3, -0.25) is 24.3 Å². The van der Waals surface area contributed by atoms with Crippen LogP contribution >= 0.6 is 0 Å². The maximum Gasteiger partial charge on any atom is 0.257 e. The quantitative estimate of drug-likeness (QED) is 0.689. The molecule has 1 aromatic carbocycles. The van der Waals surface area contributed by atoms with Crippen LogP contribution in [0.5, 0.6) is 0 Å². The molecule has 1 atom stereocenters. The van der Waals surface area contributed by atoms with Crippen molar-refractivity contribution < 1.29 is 19.1 Å². The van der Waals surface area contributed by atoms with E-state index in [0.29, 0.717) is 37.9 Å². The second-order valence-electron chi connectivity index (χ2n) is 9.78. The van der Waals surface area contributed by atoms with Gasteiger partial charge in [0, 0.05) is 44.1 Å². The Morgan fingerprint density at radius 3 is 2.49 bits per heavy atom. The molecule has 0 radical (unpaired) electrons. The van der Waals surface area contributed by atoms with Crippen LogP contribution in [-0.4, -0.2) is 64.0 Å². The molecule has 0 unspecified atom stereocenters. The molecule has 2 aromatic rings. The molecule has 8 nitrogen and oxygen atoms in total. The molecule has 2 saturated heterocycles. The fourth-order valence-electron chi connectivity index (χ4n) is 4.89. The van der Waals surface area contributed by atoms with E-state index in [2.05, 4.69) is 10.3 Å². The predicted molar refractivity (Wildman–Crippen MR) is 131 cm³/mol. The van der Waals surface area contributed by atoms with Gasteiger partial charge in [0.25, 0.3) is 5.91 Å². The zero-order chi connectivity index (χ0) is 25.0. The number of ether oxygens (including phenoxy) is 1. The largest absolute Gasteiger partial charge is 0.353 e. The monoisotopic (exact) mass is 478 g/mol. The molecular formula is C27H34N4O4. The Hall–Kier alpha value is -3.26. The first-order chi connectivity index (χ1) is 16.8. The number of pyridine rings is 1. The number of hydrogen-bond acceptors (Lipinski definition) is 5. The van der Waals surface area contributed by atoms with Gasteiger partial charge in [0.15, 0.2) is 0 Å². The summed E-state index contributed by atoms with van der Waals surface area (Å²) >= 11 is 0. The van der Waals surface area contributed by atoms with Crippen molar-refractivity contribution in [3.63, 3.8) is 0 Å². The number of aromatic nitrogens is 1. The second kappa shape index (κ2) is 10.6. The summed E-state index contributed by atoms with van der Waals surface area (Å²) in [6, 6.07) is 12.2. The van der Waals surface area contributed by atoms with Gasteiger partial charge < -0.3 is 15.0 Å². The fraction of sp³-hybridized carbons (Fsp3) is 0.481. The zero-order valence-corrected chi connectivity index (χ0v) is 20.7. The van der Waals surface area contributed by atoms with Gasteiger partial charge in [-0.2, -0.15) is 0 Å². The summed E-state index contributed by atoms with van der Waals surface area (Å²) in [6.45, 7) is 7.32. The van der Waals surface area contributed by atoms with Gasteiger partial charge >= 0.3 is 0 Å². The van der Waals surface area contributed by atoms with Crippen LogP contribution in [0.4, 0.5) is 0 Å². The number of carbonyl (C=O) groups is 3. The van der Waals surface area contributed by atoms with Gasteiger partial charge in [0.2, 0.25) is 11.8 Å². The number of aryl methyl sites for hydroxylation is 1. The molecule has 0 saturated carbocycles. The molecule has 0 bridgehead atoms. The summed E-state index contributed by atoms with van der Waals surface area (Å²) in [5.41, 5.74) is 1.22. The Balaban J connectivity index is 1.56. The highest BCUT2D eigenvalue weighted by Gasteiger charge is 2.54. The van der Waals surface area contributed by atoms with E-state index >= 15 is 0 Å². The van der Waals surface area contributed by atoms with Crippen LogP contribution in [0.1, 0.15) is 54.7 Å². The van der Waals surface area contributed by atoms with Gasteiger partial charge in [0.05, 0.1) is 18.8 Å². The molecule has 3 amide bonds. The minimum absolute atomic E-state index is 0.117. The summed E-state index contributed by atoms with van der Waals surface area (Å²) < 4.78 is 6.26. The Labute approximate surface area is 206 Å². The summed E-state index contributed by atoms with van der Waals surface area (Å²) in [7, 11) is 0. The number of amides is 3. The minimum Gasteiger partial charge on any atom is -0.353 e. The third-order valence-corrected chi connectivity index (χ3v) is 6.81. The number of rotatable bonds is 6. The maximum atomic E-state index is 13.9. The number of likely N-dealkylation sites (tertiary alicyclic amines) is 1. The number of benzene rings is 1. The third kappa shape index (κ3) is 5.37. The van der Waals surface area contributed by atoms with Gasteiger partial charge in [-0.1, -0.05) is 38.1 Å². The van der Waals surface area contributed by atoms with E-state index in [1.165, 1.54) is 0 Å². The van der Waals surface area contributed by atoms with Gasteiger partial charge in [-0.25, -0.2) is 0 Å². The van der Waals surface area contributed by atoms with Gasteiger partial charge in [-0.05, 0) is 36.6 Å². The zero-order valence-electron chi connectivity index (χ0n) is 20.7. The Morgan fingerprint density at radius 1 is 1.11 bits per heavy atom. The van der Waals surface area contributed by atoms with Gasteiger partial charge in [0.1, 0.15) is 11.8 Å². The van der Waals surface area contributed by atoms with E-state index in [1.54, 1.807) is 17.2 Å². The lowest BCUT2D eigenvalue weighted by molar-refractivity contribution is -0.144. The highest BCUT2D eigenvalue weighted by atomic mass is 16.5. The van der Waals surface area contributed by atoms with Crippen molar-refractivity contribution in [3.8, 4) is 0 Å². The van der Waals surface area contributed by atoms with Crippen LogP contribution < -0.4 is 5.32 Å². The molecule has 35 heavy (non-hydrogen) atoms. The SMILES string of the molecule is Cc1ccccc1C(=O)N1[C@@H](C(=O)NCc2ccccn2)COC12CCN(C(=O)CC(C)C)CC2. The van der Waals surface area contributed by atoms with E-state index in [-0.39, 0.29) is 36.8 Å². The molecular weight excluding hydrogens is 444 g/mol. The van der Waals surface area contributed by atoms with E-state index < -0.39 is 11.8 Å². The first kappa shape index (κ1) is 24.9. The van der Waals surface area contributed by atoms with Crippen molar-refractivity contribution in [1.29, 1.82) is 0 Å². The predicted octanol–water partition coefficient (Wildman–Crippen LogP) is 2.91. The molecule has 2 fully saturated rings. The highest BCUT2D eigenvalue weighted by Crippen LogP contribution is 2.39. The lowest BCUT2D eigenvalue weighted by Gasteiger charge is -2.44. The lowest BCUT2D eigenvalue weighted by Crippen LogP contribution is -2.60. The topological polar surface area (TPSA) is 91.8 Å². The van der Waals surface area contributed by atoms with Crippen LogP contribution in [0.3, 0.4) is 0 Å². The molecule has 1 spiro atoms. The summed E-state index contributed by atoms with van der Waals surface area (Å²) in [6.07, 6.45) is 3.12. The summed E-state index contributed by atoms with van der Waals surface area (Å²) in [5.74, 6) is -0.0879. The highest BCUT2D eigenvalue weighted by molar-refractivity contribution is 5.99. The van der Waals surface area contributed by atoms with E-state index in [4.69, 9.17) is 4.74 Å². The van der Waals surface area contributed by atoms with E-state index in [9.17, 15) is 14.4 Å². The molecule has 2 aliphatic heterocycles. The number of hydrogen-bond donors (Lipinski definition) is 1. The standard InChI is InChI=1S/C27H34N4O4/c1-19(2)16-24(32)30-14-11-27(12-15-30)31(26(34)22-10-5-4-8-20(22)3)23(18-35-27)25(33)29-17-21-9-6-7-13-28-21/h4-10,13,19,23H,11-12,14-18H2,1-3H3,(H,29,33)/t23-/m1/s1. The van der Waals surface area contributed by atoms with Crippen molar-refractivity contribution in [3.05, 3.63) is 65.5 Å². The van der Waals surface area contributed by atoms with Crippen molar-refractivity contribution >= 4 is 17.7 Å². The Morgan fingerprint density at radius 2 is 1.83 bits per heavy atom. The first-order valence-corrected chi connectivity index (χ1v) is 12.3. The minimum atomic E-state index is -0.916. The molecule has 4 rings (SSSR count). The smallest absolute Gasteiger partial charge is 0.257 e. The van der Waals surface area contributed by atoms with Crippen molar-refractivity contribution in [2.75, 3.05) is 19.7 Å². The maximum absolute atomic E-state index is 13.9. The lowest BCUT2D eigenvalue weighted by atomic mass is 9.95.